The summed E-state index contributed by atoms with van der Waals surface area (Å²) in [5, 5.41) is 2.78. The van der Waals surface area contributed by atoms with E-state index in [4.69, 9.17) is 4.74 Å². The van der Waals surface area contributed by atoms with Crippen LogP contribution in [-0.2, 0) is 21.1 Å². The van der Waals surface area contributed by atoms with Crippen LogP contribution in [0.4, 0.5) is 5.69 Å². The minimum absolute atomic E-state index is 0.0598. The van der Waals surface area contributed by atoms with E-state index in [1.54, 1.807) is 50.4 Å². The Labute approximate surface area is 136 Å². The van der Waals surface area contributed by atoms with Gasteiger partial charge in [0.05, 0.1) is 24.2 Å². The topological polar surface area (TPSA) is 72.5 Å². The fourth-order valence-electron chi connectivity index (χ4n) is 2.05. The molecular formula is C17H19NO4S. The summed E-state index contributed by atoms with van der Waals surface area (Å²) in [7, 11) is -1.63. The monoisotopic (exact) mass is 333 g/mol. The highest BCUT2D eigenvalue weighted by Gasteiger charge is 2.11. The summed E-state index contributed by atoms with van der Waals surface area (Å²) in [6.07, 6.45) is 0.179. The molecule has 0 bridgehead atoms. The zero-order chi connectivity index (χ0) is 16.9. The molecule has 1 N–H and O–H groups in total. The summed E-state index contributed by atoms with van der Waals surface area (Å²) in [4.78, 5) is 12.3. The van der Waals surface area contributed by atoms with Crippen LogP contribution in [0.1, 0.15) is 12.5 Å². The second-order valence-corrected chi connectivity index (χ2v) is 7.28. The zero-order valence-corrected chi connectivity index (χ0v) is 13.9. The molecule has 23 heavy (non-hydrogen) atoms. The number of amides is 1. The molecule has 0 unspecified atom stereocenters. The number of carbonyl (C=O) groups is 1. The smallest absolute Gasteiger partial charge is 0.228 e. The summed E-state index contributed by atoms with van der Waals surface area (Å²) in [6, 6.07) is 13.4. The molecule has 2 aromatic carbocycles. The third-order valence-corrected chi connectivity index (χ3v) is 5.15. The van der Waals surface area contributed by atoms with Crippen molar-refractivity contribution in [2.24, 2.45) is 0 Å². The van der Waals surface area contributed by atoms with Gasteiger partial charge in [-0.15, -0.1) is 0 Å². The van der Waals surface area contributed by atoms with Gasteiger partial charge < -0.3 is 10.1 Å². The van der Waals surface area contributed by atoms with Crippen molar-refractivity contribution < 1.29 is 17.9 Å². The molecule has 6 heteroatoms. The van der Waals surface area contributed by atoms with Gasteiger partial charge in [0.1, 0.15) is 5.75 Å². The van der Waals surface area contributed by atoms with E-state index in [0.717, 1.165) is 11.3 Å². The van der Waals surface area contributed by atoms with E-state index in [1.807, 2.05) is 0 Å². The van der Waals surface area contributed by atoms with Gasteiger partial charge in [0.15, 0.2) is 9.84 Å². The lowest BCUT2D eigenvalue weighted by Crippen LogP contribution is -2.14. The van der Waals surface area contributed by atoms with E-state index in [2.05, 4.69) is 5.32 Å². The summed E-state index contributed by atoms with van der Waals surface area (Å²) in [5.74, 6) is 0.613. The molecule has 2 aromatic rings. The van der Waals surface area contributed by atoms with Gasteiger partial charge in [0, 0.05) is 5.69 Å². The predicted molar refractivity (Wildman–Crippen MR) is 89.5 cm³/mol. The van der Waals surface area contributed by atoms with Gasteiger partial charge in [-0.1, -0.05) is 19.1 Å². The Morgan fingerprint density at radius 3 is 2.17 bits per heavy atom. The van der Waals surface area contributed by atoms with Crippen LogP contribution in [0, 0.1) is 0 Å². The van der Waals surface area contributed by atoms with Crippen molar-refractivity contribution in [3.63, 3.8) is 0 Å². The number of rotatable bonds is 6. The van der Waals surface area contributed by atoms with Crippen molar-refractivity contribution in [2.45, 2.75) is 18.2 Å². The number of carbonyl (C=O) groups excluding carboxylic acids is 1. The van der Waals surface area contributed by atoms with Gasteiger partial charge in [0.2, 0.25) is 5.91 Å². The maximum Gasteiger partial charge on any atom is 0.228 e. The average molecular weight is 333 g/mol. The molecule has 1 amide bonds. The number of hydrogen-bond acceptors (Lipinski definition) is 4. The van der Waals surface area contributed by atoms with Crippen LogP contribution in [0.2, 0.25) is 0 Å². The second kappa shape index (κ2) is 7.28. The number of nitrogens with one attached hydrogen (secondary N) is 1. The Bertz CT molecular complexity index is 765. The number of ether oxygens (including phenoxy) is 1. The lowest BCUT2D eigenvalue weighted by molar-refractivity contribution is -0.115. The van der Waals surface area contributed by atoms with E-state index >= 15 is 0 Å². The van der Waals surface area contributed by atoms with Gasteiger partial charge >= 0.3 is 0 Å². The number of hydrogen-bond donors (Lipinski definition) is 1. The lowest BCUT2D eigenvalue weighted by atomic mass is 10.1. The first kappa shape index (κ1) is 17.0. The number of methoxy groups -OCH3 is 1. The minimum Gasteiger partial charge on any atom is -0.497 e. The maximum atomic E-state index is 12.0. The van der Waals surface area contributed by atoms with Crippen LogP contribution in [-0.4, -0.2) is 27.2 Å². The number of benzene rings is 2. The standard InChI is InChI=1S/C17H19NO4S/c1-3-23(20,21)16-10-4-13(5-11-16)12-17(19)18-14-6-8-15(22-2)9-7-14/h4-11H,3,12H2,1-2H3,(H,18,19). The maximum absolute atomic E-state index is 12.0. The van der Waals surface area contributed by atoms with Crippen LogP contribution >= 0.6 is 0 Å². The predicted octanol–water partition coefficient (Wildman–Crippen LogP) is 2.67. The van der Waals surface area contributed by atoms with Gasteiger partial charge in [0.25, 0.3) is 0 Å². The van der Waals surface area contributed by atoms with Crippen LogP contribution in [0.5, 0.6) is 5.75 Å². The van der Waals surface area contributed by atoms with Crippen LogP contribution in [0.15, 0.2) is 53.4 Å². The van der Waals surface area contributed by atoms with Crippen LogP contribution in [0.25, 0.3) is 0 Å². The first-order valence-electron chi connectivity index (χ1n) is 7.20. The van der Waals surface area contributed by atoms with Crippen LogP contribution < -0.4 is 10.1 Å². The molecular weight excluding hydrogens is 314 g/mol. The molecule has 0 radical (unpaired) electrons. The summed E-state index contributed by atoms with van der Waals surface area (Å²) >= 11 is 0. The first-order chi connectivity index (χ1) is 10.9. The van der Waals surface area contributed by atoms with Crippen molar-refractivity contribution in [3.05, 3.63) is 54.1 Å². The van der Waals surface area contributed by atoms with Crippen LogP contribution in [0.3, 0.4) is 0 Å². The quantitative estimate of drug-likeness (QED) is 0.882. The molecule has 0 aliphatic carbocycles. The average Bonchev–Trinajstić information content (AvgIpc) is 2.56. The lowest BCUT2D eigenvalue weighted by Gasteiger charge is -2.07. The highest BCUT2D eigenvalue weighted by molar-refractivity contribution is 7.91. The van der Waals surface area contributed by atoms with E-state index in [-0.39, 0.29) is 23.0 Å². The molecule has 2 rings (SSSR count). The Hall–Kier alpha value is -2.34. The van der Waals surface area contributed by atoms with Gasteiger partial charge in [-0.2, -0.15) is 0 Å². The zero-order valence-electron chi connectivity index (χ0n) is 13.1. The Kier molecular flexibility index (Phi) is 5.39. The molecule has 0 heterocycles. The third-order valence-electron chi connectivity index (χ3n) is 3.40. The van der Waals surface area contributed by atoms with Crippen molar-refractivity contribution in [1.82, 2.24) is 0 Å². The molecule has 0 atom stereocenters. The highest BCUT2D eigenvalue weighted by atomic mass is 32.2. The minimum atomic E-state index is -3.21. The van der Waals surface area contributed by atoms with E-state index < -0.39 is 9.84 Å². The molecule has 0 aliphatic heterocycles. The fourth-order valence-corrected chi connectivity index (χ4v) is 2.93. The molecule has 0 aromatic heterocycles. The molecule has 5 nitrogen and oxygen atoms in total. The molecule has 0 saturated carbocycles. The highest BCUT2D eigenvalue weighted by Crippen LogP contribution is 2.16. The molecule has 0 spiro atoms. The summed E-state index contributed by atoms with van der Waals surface area (Å²) in [6.45, 7) is 1.60. The van der Waals surface area contributed by atoms with Gasteiger partial charge in [-0.3, -0.25) is 4.79 Å². The summed E-state index contributed by atoms with van der Waals surface area (Å²) in [5.41, 5.74) is 1.44. The van der Waals surface area contributed by atoms with Crippen molar-refractivity contribution in [1.29, 1.82) is 0 Å². The molecule has 122 valence electrons. The number of sulfone groups is 1. The third kappa shape index (κ3) is 4.56. The first-order valence-corrected chi connectivity index (χ1v) is 8.85. The fraction of sp³-hybridized carbons (Fsp3) is 0.235. The molecule has 0 aliphatic rings. The van der Waals surface area contributed by atoms with Crippen molar-refractivity contribution in [2.75, 3.05) is 18.2 Å². The Morgan fingerprint density at radius 1 is 1.04 bits per heavy atom. The summed E-state index contributed by atoms with van der Waals surface area (Å²) < 4.78 is 28.5. The Morgan fingerprint density at radius 2 is 1.65 bits per heavy atom. The normalized spacial score (nSPS) is 11.0. The SMILES string of the molecule is CCS(=O)(=O)c1ccc(CC(=O)Nc2ccc(OC)cc2)cc1. The van der Waals surface area contributed by atoms with Crippen molar-refractivity contribution in [3.8, 4) is 5.75 Å². The molecule has 0 fully saturated rings. The second-order valence-electron chi connectivity index (χ2n) is 5.00. The Balaban J connectivity index is 1.99. The van der Waals surface area contributed by atoms with E-state index in [0.29, 0.717) is 5.69 Å². The number of anilines is 1. The largest absolute Gasteiger partial charge is 0.497 e. The van der Waals surface area contributed by atoms with E-state index in [1.165, 1.54) is 12.1 Å². The van der Waals surface area contributed by atoms with E-state index in [9.17, 15) is 13.2 Å². The van der Waals surface area contributed by atoms with Gasteiger partial charge in [-0.25, -0.2) is 8.42 Å². The molecule has 0 saturated heterocycles. The van der Waals surface area contributed by atoms with Crippen molar-refractivity contribution >= 4 is 21.4 Å². The van der Waals surface area contributed by atoms with Gasteiger partial charge in [-0.05, 0) is 42.0 Å².